The Morgan fingerprint density at radius 2 is 1.61 bits per heavy atom. The van der Waals surface area contributed by atoms with E-state index in [4.69, 9.17) is 9.47 Å². The molecule has 0 N–H and O–H groups in total. The highest BCUT2D eigenvalue weighted by Gasteiger charge is 2.56. The quantitative estimate of drug-likeness (QED) is 0.813. The van der Waals surface area contributed by atoms with Crippen molar-refractivity contribution in [2.24, 2.45) is 0 Å². The van der Waals surface area contributed by atoms with E-state index in [0.717, 1.165) is 43.1 Å². The van der Waals surface area contributed by atoms with Gasteiger partial charge in [-0.1, -0.05) is 18.2 Å². The zero-order valence-electron chi connectivity index (χ0n) is 15.5. The van der Waals surface area contributed by atoms with E-state index in [1.165, 1.54) is 12.1 Å². The Bertz CT molecular complexity index is 875. The van der Waals surface area contributed by atoms with Gasteiger partial charge >= 0.3 is 0 Å². The van der Waals surface area contributed by atoms with E-state index in [0.29, 0.717) is 19.9 Å². The first-order valence-corrected chi connectivity index (χ1v) is 9.60. The smallest absolute Gasteiger partial charge is 0.293 e. The van der Waals surface area contributed by atoms with Crippen LogP contribution in [0.3, 0.4) is 0 Å². The average Bonchev–Trinajstić information content (AvgIpc) is 3.31. The van der Waals surface area contributed by atoms with Gasteiger partial charge in [-0.05, 0) is 30.3 Å². The van der Waals surface area contributed by atoms with Gasteiger partial charge in [0.15, 0.2) is 0 Å². The number of ether oxygens (including phenoxy) is 2. The van der Waals surface area contributed by atoms with Crippen molar-refractivity contribution in [1.29, 1.82) is 0 Å². The van der Waals surface area contributed by atoms with Gasteiger partial charge in [0.25, 0.3) is 11.7 Å². The maximum absolute atomic E-state index is 13.2. The van der Waals surface area contributed by atoms with Gasteiger partial charge in [-0.15, -0.1) is 0 Å². The topological polar surface area (TPSA) is 45.3 Å². The van der Waals surface area contributed by atoms with Crippen LogP contribution in [0.1, 0.15) is 5.56 Å². The molecule has 6 nitrogen and oxygen atoms in total. The van der Waals surface area contributed by atoms with Crippen molar-refractivity contribution < 1.29 is 18.7 Å². The minimum atomic E-state index is -1.27. The van der Waals surface area contributed by atoms with Crippen molar-refractivity contribution in [3.8, 4) is 0 Å². The number of nitrogens with zero attached hydrogens (tertiary/aromatic N) is 3. The first-order valence-electron chi connectivity index (χ1n) is 9.60. The second kappa shape index (κ2) is 6.84. The van der Waals surface area contributed by atoms with Crippen molar-refractivity contribution in [2.45, 2.75) is 5.79 Å². The van der Waals surface area contributed by atoms with Crippen molar-refractivity contribution in [3.05, 3.63) is 59.9 Å². The van der Waals surface area contributed by atoms with E-state index in [2.05, 4.69) is 9.80 Å². The predicted octanol–water partition coefficient (Wildman–Crippen LogP) is 2.15. The molecule has 146 valence electrons. The molecule has 1 amide bonds. The maximum Gasteiger partial charge on any atom is 0.293 e. The summed E-state index contributed by atoms with van der Waals surface area (Å²) in [6.45, 7) is 4.63. The van der Waals surface area contributed by atoms with Crippen LogP contribution in [-0.4, -0.2) is 56.9 Å². The molecule has 2 fully saturated rings. The second-order valence-electron chi connectivity index (χ2n) is 7.29. The molecule has 2 aromatic carbocycles. The normalized spacial score (nSPS) is 21.5. The molecule has 3 heterocycles. The number of piperazine rings is 1. The Labute approximate surface area is 163 Å². The summed E-state index contributed by atoms with van der Waals surface area (Å²) in [5.41, 5.74) is 2.67. The summed E-state index contributed by atoms with van der Waals surface area (Å²) >= 11 is 0. The monoisotopic (exact) mass is 383 g/mol. The summed E-state index contributed by atoms with van der Waals surface area (Å²) in [4.78, 5) is 19.4. The van der Waals surface area contributed by atoms with Crippen LogP contribution in [0.5, 0.6) is 0 Å². The third kappa shape index (κ3) is 2.78. The van der Waals surface area contributed by atoms with Gasteiger partial charge in [-0.2, -0.15) is 0 Å². The van der Waals surface area contributed by atoms with E-state index in [1.807, 2.05) is 36.4 Å². The molecule has 0 saturated carbocycles. The minimum Gasteiger partial charge on any atom is -0.369 e. The summed E-state index contributed by atoms with van der Waals surface area (Å²) in [5.74, 6) is -1.64. The van der Waals surface area contributed by atoms with Crippen molar-refractivity contribution >= 4 is 17.3 Å². The Balaban J connectivity index is 1.29. The fraction of sp³-hybridized carbons (Fsp3) is 0.381. The number of carbonyl (C=O) groups is 1. The number of fused-ring (bicyclic) bond motifs is 2. The maximum atomic E-state index is 13.2. The summed E-state index contributed by atoms with van der Waals surface area (Å²) < 4.78 is 24.7. The van der Waals surface area contributed by atoms with Crippen LogP contribution in [0.4, 0.5) is 15.8 Å². The van der Waals surface area contributed by atoms with Crippen LogP contribution in [0.25, 0.3) is 0 Å². The molecule has 7 heteroatoms. The Kier molecular flexibility index (Phi) is 4.30. The number of hydrogen-bond donors (Lipinski definition) is 0. The minimum absolute atomic E-state index is 0.146. The Morgan fingerprint density at radius 3 is 2.32 bits per heavy atom. The molecule has 0 atom stereocenters. The van der Waals surface area contributed by atoms with E-state index >= 15 is 0 Å². The lowest BCUT2D eigenvalue weighted by Crippen LogP contribution is -2.52. The van der Waals surface area contributed by atoms with Crippen molar-refractivity contribution in [1.82, 2.24) is 4.90 Å². The number of benzene rings is 2. The van der Waals surface area contributed by atoms with Crippen LogP contribution in [0.2, 0.25) is 0 Å². The number of anilines is 2. The number of rotatable bonds is 3. The highest BCUT2D eigenvalue weighted by Crippen LogP contribution is 2.45. The molecule has 0 aromatic heterocycles. The molecule has 3 aliphatic rings. The highest BCUT2D eigenvalue weighted by atomic mass is 19.1. The van der Waals surface area contributed by atoms with Gasteiger partial charge < -0.3 is 14.4 Å². The number of para-hydroxylation sites is 1. The molecule has 3 aliphatic heterocycles. The van der Waals surface area contributed by atoms with Gasteiger partial charge in [0.2, 0.25) is 0 Å². The highest BCUT2D eigenvalue weighted by molar-refractivity contribution is 6.06. The summed E-state index contributed by atoms with van der Waals surface area (Å²) in [5, 5.41) is 0. The van der Waals surface area contributed by atoms with Gasteiger partial charge in [0.05, 0.1) is 25.6 Å². The summed E-state index contributed by atoms with van der Waals surface area (Å²) in [6.07, 6.45) is 0. The van der Waals surface area contributed by atoms with Crippen molar-refractivity contribution in [2.75, 3.05) is 55.9 Å². The third-order valence-electron chi connectivity index (χ3n) is 5.68. The van der Waals surface area contributed by atoms with Gasteiger partial charge in [0, 0.05) is 37.4 Å². The fourth-order valence-electron chi connectivity index (χ4n) is 4.22. The number of hydrogen-bond acceptors (Lipinski definition) is 5. The zero-order chi connectivity index (χ0) is 19.1. The molecular weight excluding hydrogens is 361 g/mol. The SMILES string of the molecule is O=C1N(CN2CCN(c3ccc(F)cc3)CC2)c2ccccc2C12OCCO2. The van der Waals surface area contributed by atoms with Crippen molar-refractivity contribution in [3.63, 3.8) is 0 Å². The summed E-state index contributed by atoms with van der Waals surface area (Å²) in [7, 11) is 0. The standard InChI is InChI=1S/C21H22FN3O3/c22-16-5-7-17(8-6-16)24-11-9-23(10-12-24)15-25-19-4-2-1-3-18(19)21(20(25)26)27-13-14-28-21/h1-8H,9-15H2. The van der Waals surface area contributed by atoms with E-state index < -0.39 is 5.79 Å². The van der Waals surface area contributed by atoms with E-state index in [1.54, 1.807) is 4.90 Å². The molecule has 0 bridgehead atoms. The van der Waals surface area contributed by atoms with Crippen LogP contribution in [0, 0.1) is 5.82 Å². The predicted molar refractivity (Wildman–Crippen MR) is 103 cm³/mol. The summed E-state index contributed by atoms with van der Waals surface area (Å²) in [6, 6.07) is 14.3. The molecule has 2 saturated heterocycles. The molecule has 0 unspecified atom stereocenters. The lowest BCUT2D eigenvalue weighted by Gasteiger charge is -2.38. The number of amides is 1. The lowest BCUT2D eigenvalue weighted by molar-refractivity contribution is -0.181. The van der Waals surface area contributed by atoms with Gasteiger partial charge in [0.1, 0.15) is 5.82 Å². The molecule has 5 rings (SSSR count). The molecule has 28 heavy (non-hydrogen) atoms. The molecule has 0 radical (unpaired) electrons. The fourth-order valence-corrected chi connectivity index (χ4v) is 4.22. The number of carbonyl (C=O) groups excluding carboxylic acids is 1. The molecule has 2 aromatic rings. The molecular formula is C21H22FN3O3. The largest absolute Gasteiger partial charge is 0.369 e. The van der Waals surface area contributed by atoms with Gasteiger partial charge in [-0.25, -0.2) is 4.39 Å². The van der Waals surface area contributed by atoms with Crippen LogP contribution < -0.4 is 9.80 Å². The lowest BCUT2D eigenvalue weighted by atomic mass is 10.1. The molecule has 0 aliphatic carbocycles. The number of halogens is 1. The Hall–Kier alpha value is -2.48. The van der Waals surface area contributed by atoms with E-state index in [-0.39, 0.29) is 11.7 Å². The second-order valence-corrected chi connectivity index (χ2v) is 7.29. The van der Waals surface area contributed by atoms with E-state index in [9.17, 15) is 9.18 Å². The zero-order valence-corrected chi connectivity index (χ0v) is 15.5. The molecule has 1 spiro atoms. The third-order valence-corrected chi connectivity index (χ3v) is 5.68. The average molecular weight is 383 g/mol. The van der Waals surface area contributed by atoms with Crippen LogP contribution in [-0.2, 0) is 20.1 Å². The van der Waals surface area contributed by atoms with Crippen LogP contribution >= 0.6 is 0 Å². The van der Waals surface area contributed by atoms with Gasteiger partial charge in [-0.3, -0.25) is 14.6 Å². The Morgan fingerprint density at radius 1 is 0.929 bits per heavy atom. The van der Waals surface area contributed by atoms with Crippen LogP contribution in [0.15, 0.2) is 48.5 Å². The first kappa shape index (κ1) is 17.6. The first-order chi connectivity index (χ1) is 13.7.